The van der Waals surface area contributed by atoms with Crippen molar-refractivity contribution >= 4 is 17.9 Å². The smallest absolute Gasteiger partial charge is 0.309 e. The van der Waals surface area contributed by atoms with E-state index in [9.17, 15) is 14.4 Å². The van der Waals surface area contributed by atoms with Gasteiger partial charge in [0.05, 0.1) is 6.42 Å². The predicted molar refractivity (Wildman–Crippen MR) is 330 cm³/mol. The lowest BCUT2D eigenvalue weighted by Crippen LogP contribution is -2.30. The molecule has 0 aromatic rings. The quantitative estimate of drug-likeness (QED) is 0.0261. The van der Waals surface area contributed by atoms with Crippen molar-refractivity contribution in [1.82, 2.24) is 0 Å². The van der Waals surface area contributed by atoms with Crippen molar-refractivity contribution in [2.45, 2.75) is 316 Å². The zero-order valence-corrected chi connectivity index (χ0v) is 50.0. The van der Waals surface area contributed by atoms with Gasteiger partial charge in [0.25, 0.3) is 0 Å². The molecule has 0 saturated heterocycles. The highest BCUT2D eigenvalue weighted by Crippen LogP contribution is 2.17. The Morgan fingerprint density at radius 2 is 0.566 bits per heavy atom. The molecule has 0 spiro atoms. The zero-order chi connectivity index (χ0) is 55.0. The van der Waals surface area contributed by atoms with E-state index in [1.165, 1.54) is 186 Å². The minimum absolute atomic E-state index is 0.107. The second-order valence-corrected chi connectivity index (χ2v) is 21.3. The molecule has 0 aliphatic heterocycles. The van der Waals surface area contributed by atoms with Gasteiger partial charge in [-0.3, -0.25) is 14.4 Å². The van der Waals surface area contributed by atoms with E-state index in [4.69, 9.17) is 14.2 Å². The average Bonchev–Trinajstić information content (AvgIpc) is 3.42. The fourth-order valence-electron chi connectivity index (χ4n) is 9.05. The van der Waals surface area contributed by atoms with Crippen LogP contribution in [0.4, 0.5) is 0 Å². The standard InChI is InChI=1S/C70H120O6/c1-4-7-10-13-16-19-22-25-28-30-32-33-34-35-36-37-38-40-42-45-48-51-54-57-60-63-69(72)75-66-67(65-74-68(71)62-59-56-53-50-47-44-41-27-24-21-18-15-12-9-6-3)76-70(73)64-61-58-55-52-49-46-43-39-31-29-26-23-20-17-14-11-8-5-2/h9,12,18,21-22,25,27,30,32,34-35,41,47,50,56,59,67H,4-8,10-11,13-17,19-20,23-24,26,28-29,31,33,36-40,42-46,48-49,51-55,57-58,60-66H2,1-3H3/b12-9-,21-18-,25-22-,32-30-,35-34-,41-27-,50-47-,59-56-. The molecule has 0 fully saturated rings. The Kier molecular flexibility index (Phi) is 60.8. The van der Waals surface area contributed by atoms with E-state index in [2.05, 4.69) is 106 Å². The van der Waals surface area contributed by atoms with Crippen molar-refractivity contribution in [3.8, 4) is 0 Å². The van der Waals surface area contributed by atoms with Crippen molar-refractivity contribution < 1.29 is 28.6 Å². The van der Waals surface area contributed by atoms with Gasteiger partial charge in [0, 0.05) is 12.8 Å². The van der Waals surface area contributed by atoms with Gasteiger partial charge in [-0.15, -0.1) is 0 Å². The first-order valence-corrected chi connectivity index (χ1v) is 32.2. The molecule has 6 heteroatoms. The number of rotatable bonds is 58. The third-order valence-corrected chi connectivity index (χ3v) is 13.9. The summed E-state index contributed by atoms with van der Waals surface area (Å²) in [5.41, 5.74) is 0. The minimum Gasteiger partial charge on any atom is -0.462 e. The summed E-state index contributed by atoms with van der Waals surface area (Å²) in [6, 6.07) is 0. The summed E-state index contributed by atoms with van der Waals surface area (Å²) in [5.74, 6) is -1.03. The summed E-state index contributed by atoms with van der Waals surface area (Å²) < 4.78 is 16.8. The second-order valence-electron chi connectivity index (χ2n) is 21.3. The van der Waals surface area contributed by atoms with E-state index in [0.717, 1.165) is 83.5 Å². The molecule has 0 rings (SSSR count). The molecule has 0 aromatic carbocycles. The van der Waals surface area contributed by atoms with Crippen LogP contribution in [-0.2, 0) is 28.6 Å². The van der Waals surface area contributed by atoms with Gasteiger partial charge < -0.3 is 14.2 Å². The molecule has 0 bridgehead atoms. The molecule has 0 aliphatic carbocycles. The van der Waals surface area contributed by atoms with Gasteiger partial charge >= 0.3 is 17.9 Å². The molecule has 0 heterocycles. The monoisotopic (exact) mass is 1060 g/mol. The fourth-order valence-corrected chi connectivity index (χ4v) is 9.05. The average molecular weight is 1060 g/mol. The molecule has 0 aliphatic rings. The van der Waals surface area contributed by atoms with Crippen LogP contribution < -0.4 is 0 Å². The van der Waals surface area contributed by atoms with Gasteiger partial charge in [-0.1, -0.05) is 304 Å². The summed E-state index contributed by atoms with van der Waals surface area (Å²) in [6.07, 6.45) is 85.8. The SMILES string of the molecule is CC/C=C\C/C=C\C/C=C\C/C=C\C/C=C\CC(=O)OCC(COC(=O)CCCCCCCCCCCC/C=C\C/C=C\C/C=C\CCCCCCC)OC(=O)CCCCCCCCCCCCCCCCCCCC. The number of unbranched alkanes of at least 4 members (excludes halogenated alkanes) is 32. The summed E-state index contributed by atoms with van der Waals surface area (Å²) in [5, 5.41) is 0. The third kappa shape index (κ3) is 61.2. The number of hydrogen-bond donors (Lipinski definition) is 0. The van der Waals surface area contributed by atoms with Gasteiger partial charge in [-0.05, 0) is 83.5 Å². The van der Waals surface area contributed by atoms with Gasteiger partial charge in [-0.2, -0.15) is 0 Å². The van der Waals surface area contributed by atoms with Crippen LogP contribution in [-0.4, -0.2) is 37.2 Å². The van der Waals surface area contributed by atoms with E-state index >= 15 is 0 Å². The number of hydrogen-bond acceptors (Lipinski definition) is 6. The van der Waals surface area contributed by atoms with Gasteiger partial charge in [-0.25, -0.2) is 0 Å². The number of esters is 3. The Bertz CT molecular complexity index is 1490. The van der Waals surface area contributed by atoms with E-state index in [-0.39, 0.29) is 31.6 Å². The summed E-state index contributed by atoms with van der Waals surface area (Å²) in [7, 11) is 0. The van der Waals surface area contributed by atoms with Crippen LogP contribution in [0.25, 0.3) is 0 Å². The van der Waals surface area contributed by atoms with Crippen molar-refractivity contribution in [3.05, 3.63) is 97.2 Å². The largest absolute Gasteiger partial charge is 0.462 e. The molecular formula is C70H120O6. The van der Waals surface area contributed by atoms with Crippen LogP contribution in [0, 0.1) is 0 Å². The predicted octanol–water partition coefficient (Wildman–Crippen LogP) is 22.0. The molecular weight excluding hydrogens is 937 g/mol. The Balaban J connectivity index is 4.40. The Morgan fingerprint density at radius 3 is 0.921 bits per heavy atom. The van der Waals surface area contributed by atoms with Crippen LogP contribution in [0.2, 0.25) is 0 Å². The van der Waals surface area contributed by atoms with E-state index < -0.39 is 12.1 Å². The summed E-state index contributed by atoms with van der Waals surface area (Å²) in [4.78, 5) is 38.2. The number of carbonyl (C=O) groups is 3. The molecule has 76 heavy (non-hydrogen) atoms. The minimum atomic E-state index is -0.819. The lowest BCUT2D eigenvalue weighted by Gasteiger charge is -2.18. The van der Waals surface area contributed by atoms with Gasteiger partial charge in [0.1, 0.15) is 13.2 Å². The van der Waals surface area contributed by atoms with Crippen molar-refractivity contribution in [1.29, 1.82) is 0 Å². The number of carbonyl (C=O) groups excluding carboxylic acids is 3. The van der Waals surface area contributed by atoms with Crippen LogP contribution >= 0.6 is 0 Å². The first kappa shape index (κ1) is 72.3. The van der Waals surface area contributed by atoms with E-state index in [0.29, 0.717) is 12.8 Å². The summed E-state index contributed by atoms with van der Waals surface area (Å²) in [6.45, 7) is 6.46. The fraction of sp³-hybridized carbons (Fsp3) is 0.729. The van der Waals surface area contributed by atoms with Gasteiger partial charge in [0.15, 0.2) is 6.10 Å². The normalized spacial score (nSPS) is 12.7. The maximum atomic E-state index is 12.9. The molecule has 0 aromatic heterocycles. The van der Waals surface area contributed by atoms with E-state index in [1.54, 1.807) is 6.08 Å². The van der Waals surface area contributed by atoms with Crippen LogP contribution in [0.5, 0.6) is 0 Å². The second kappa shape index (κ2) is 63.9. The van der Waals surface area contributed by atoms with Crippen LogP contribution in [0.3, 0.4) is 0 Å². The third-order valence-electron chi connectivity index (χ3n) is 13.9. The van der Waals surface area contributed by atoms with Crippen LogP contribution in [0.15, 0.2) is 97.2 Å². The van der Waals surface area contributed by atoms with Crippen molar-refractivity contribution in [2.75, 3.05) is 13.2 Å². The molecule has 0 N–H and O–H groups in total. The molecule has 0 amide bonds. The molecule has 1 atom stereocenters. The highest BCUT2D eigenvalue weighted by Gasteiger charge is 2.19. The molecule has 6 nitrogen and oxygen atoms in total. The maximum Gasteiger partial charge on any atom is 0.309 e. The molecule has 1 unspecified atom stereocenters. The Hall–Kier alpha value is -3.67. The molecule has 0 radical (unpaired) electrons. The molecule has 436 valence electrons. The zero-order valence-electron chi connectivity index (χ0n) is 50.0. The van der Waals surface area contributed by atoms with Gasteiger partial charge in [0.2, 0.25) is 0 Å². The number of allylic oxidation sites excluding steroid dienone is 15. The van der Waals surface area contributed by atoms with Crippen molar-refractivity contribution in [3.63, 3.8) is 0 Å². The lowest BCUT2D eigenvalue weighted by molar-refractivity contribution is -0.166. The summed E-state index contributed by atoms with van der Waals surface area (Å²) >= 11 is 0. The first-order chi connectivity index (χ1) is 37.5. The Morgan fingerprint density at radius 1 is 0.289 bits per heavy atom. The highest BCUT2D eigenvalue weighted by molar-refractivity contribution is 5.72. The topological polar surface area (TPSA) is 78.9 Å². The van der Waals surface area contributed by atoms with Crippen molar-refractivity contribution in [2.24, 2.45) is 0 Å². The van der Waals surface area contributed by atoms with E-state index in [1.807, 2.05) is 6.08 Å². The van der Waals surface area contributed by atoms with Crippen LogP contribution in [0.1, 0.15) is 310 Å². The first-order valence-electron chi connectivity index (χ1n) is 32.2. The Labute approximate surface area is 470 Å². The number of ether oxygens (including phenoxy) is 3. The lowest BCUT2D eigenvalue weighted by atomic mass is 10.0. The highest BCUT2D eigenvalue weighted by atomic mass is 16.6. The maximum absolute atomic E-state index is 12.9. The molecule has 0 saturated carbocycles.